The van der Waals surface area contributed by atoms with E-state index in [1.54, 1.807) is 0 Å². The molecule has 1 saturated carbocycles. The molecular weight excluding hydrogens is 510 g/mol. The molecular formula is C28H39NO10. The van der Waals surface area contributed by atoms with E-state index in [9.17, 15) is 19.2 Å². The number of carboxylic acid groups (broad SMARTS) is 3. The molecule has 39 heavy (non-hydrogen) atoms. The van der Waals surface area contributed by atoms with Crippen molar-refractivity contribution in [1.82, 2.24) is 5.32 Å². The Morgan fingerprint density at radius 2 is 1.69 bits per heavy atom. The van der Waals surface area contributed by atoms with Crippen LogP contribution >= 0.6 is 0 Å². The van der Waals surface area contributed by atoms with Crippen LogP contribution in [-0.4, -0.2) is 69.3 Å². The van der Waals surface area contributed by atoms with Gasteiger partial charge in [-0.05, 0) is 82.2 Å². The Hall–Kier alpha value is -3.18. The molecule has 11 heteroatoms. The van der Waals surface area contributed by atoms with E-state index in [0.717, 1.165) is 24.6 Å². The maximum absolute atomic E-state index is 11.9. The molecule has 0 amide bonds. The summed E-state index contributed by atoms with van der Waals surface area (Å²) in [5.74, 6) is -3.68. The Kier molecular flexibility index (Phi) is 9.27. The first-order valence-corrected chi connectivity index (χ1v) is 13.2. The van der Waals surface area contributed by atoms with E-state index in [4.69, 9.17) is 29.9 Å². The zero-order valence-corrected chi connectivity index (χ0v) is 22.7. The fourth-order valence-electron chi connectivity index (χ4n) is 6.07. The third kappa shape index (κ3) is 7.07. The number of hydrogen-bond donors (Lipinski definition) is 5. The molecule has 0 unspecified atom stereocenters. The number of carbonyl (C=O) groups excluding carboxylic acids is 1. The molecule has 1 saturated heterocycles. The van der Waals surface area contributed by atoms with Gasteiger partial charge >= 0.3 is 23.9 Å². The monoisotopic (exact) mass is 549 g/mol. The molecule has 11 nitrogen and oxygen atoms in total. The topological polar surface area (TPSA) is 180 Å². The van der Waals surface area contributed by atoms with Gasteiger partial charge in [-0.25, -0.2) is 4.79 Å². The number of esters is 1. The van der Waals surface area contributed by atoms with E-state index in [1.165, 1.54) is 43.2 Å². The van der Waals surface area contributed by atoms with Crippen molar-refractivity contribution in [2.24, 2.45) is 11.3 Å². The summed E-state index contributed by atoms with van der Waals surface area (Å²) >= 11 is 0. The van der Waals surface area contributed by atoms with E-state index in [0.29, 0.717) is 11.5 Å². The van der Waals surface area contributed by atoms with E-state index < -0.39 is 41.8 Å². The zero-order valence-electron chi connectivity index (χ0n) is 22.7. The average Bonchev–Trinajstić information content (AvgIpc) is 2.83. The number of benzene rings is 1. The number of nitrogens with one attached hydrogen (secondary N) is 1. The Morgan fingerprint density at radius 1 is 1.03 bits per heavy atom. The van der Waals surface area contributed by atoms with Crippen molar-refractivity contribution in [3.05, 3.63) is 29.3 Å². The molecule has 1 aliphatic heterocycles. The summed E-state index contributed by atoms with van der Waals surface area (Å²) in [5.41, 5.74) is 0.0531. The van der Waals surface area contributed by atoms with E-state index >= 15 is 0 Å². The standard InChI is InChI=1S/C22H31NO3.C6H8O7/c1-21(2,3)20(24)26-14-25-16-8-7-15-12-19-17-6-4-5-9-22(17,10-11-23-19)18(15)13-16;7-3(8)1-6(13,5(11)12)2-4(9)10/h7-8,13,17,19,23H,4-6,9-12,14H2,1-3H3;13H,1-2H2,(H,7,8)(H,9,10)(H,11,12)/t17-,19+,22+;/m0./s1. The Morgan fingerprint density at radius 3 is 2.28 bits per heavy atom. The highest BCUT2D eigenvalue weighted by Gasteiger charge is 2.51. The lowest BCUT2D eigenvalue weighted by atomic mass is 9.53. The highest BCUT2D eigenvalue weighted by molar-refractivity contribution is 5.88. The van der Waals surface area contributed by atoms with Crippen LogP contribution in [0.2, 0.25) is 0 Å². The largest absolute Gasteiger partial charge is 0.481 e. The molecule has 0 spiro atoms. The molecule has 2 aliphatic carbocycles. The Labute approximate surface area is 227 Å². The van der Waals surface area contributed by atoms with E-state index in [1.807, 2.05) is 26.8 Å². The third-order valence-corrected chi connectivity index (χ3v) is 7.93. The molecule has 2 fully saturated rings. The quantitative estimate of drug-likeness (QED) is 0.238. The van der Waals surface area contributed by atoms with Crippen LogP contribution in [0.25, 0.3) is 0 Å². The van der Waals surface area contributed by atoms with Crippen LogP contribution in [0.15, 0.2) is 18.2 Å². The zero-order chi connectivity index (χ0) is 29.0. The number of carbonyl (C=O) groups is 4. The van der Waals surface area contributed by atoms with Gasteiger partial charge in [-0.3, -0.25) is 14.4 Å². The second-order valence-electron chi connectivity index (χ2n) is 11.8. The molecule has 2 bridgehead atoms. The highest BCUT2D eigenvalue weighted by Crippen LogP contribution is 2.54. The maximum atomic E-state index is 11.9. The first-order valence-electron chi connectivity index (χ1n) is 13.2. The first kappa shape index (κ1) is 30.4. The first-order chi connectivity index (χ1) is 18.2. The minimum Gasteiger partial charge on any atom is -0.481 e. The third-order valence-electron chi connectivity index (χ3n) is 7.93. The normalized spacial score (nSPS) is 23.7. The van der Waals surface area contributed by atoms with Crippen LogP contribution in [0.5, 0.6) is 5.75 Å². The SMILES string of the molecule is CC(C)(C)C(=O)OCOc1ccc2c(c1)[C@@]13CCCC[C@H]1[C@@H](C2)NCC3.O=C(O)CC(O)(CC(=O)O)C(=O)O. The number of carboxylic acids is 3. The van der Waals surface area contributed by atoms with Crippen molar-refractivity contribution in [2.45, 2.75) is 89.2 Å². The van der Waals surface area contributed by atoms with Crippen LogP contribution in [0.3, 0.4) is 0 Å². The fraction of sp³-hybridized carbons (Fsp3) is 0.643. The van der Waals surface area contributed by atoms with Gasteiger partial charge in [0.1, 0.15) is 5.75 Å². The highest BCUT2D eigenvalue weighted by atomic mass is 16.7. The smallest absolute Gasteiger partial charge is 0.336 e. The van der Waals surface area contributed by atoms with Crippen LogP contribution in [0.1, 0.15) is 76.8 Å². The van der Waals surface area contributed by atoms with Crippen molar-refractivity contribution in [3.63, 3.8) is 0 Å². The number of piperidine rings is 1. The van der Waals surface area contributed by atoms with Gasteiger partial charge in [0, 0.05) is 11.5 Å². The summed E-state index contributed by atoms with van der Waals surface area (Å²) in [7, 11) is 0. The Balaban J connectivity index is 0.000000276. The minimum absolute atomic E-state index is 0.0184. The molecule has 1 heterocycles. The molecule has 0 radical (unpaired) electrons. The predicted molar refractivity (Wildman–Crippen MR) is 138 cm³/mol. The maximum Gasteiger partial charge on any atom is 0.336 e. The second kappa shape index (κ2) is 11.9. The van der Waals surface area contributed by atoms with Crippen molar-refractivity contribution in [3.8, 4) is 5.75 Å². The summed E-state index contributed by atoms with van der Waals surface area (Å²) in [6, 6.07) is 7.12. The van der Waals surface area contributed by atoms with Gasteiger partial charge in [0.05, 0.1) is 18.3 Å². The minimum atomic E-state index is -2.74. The molecule has 5 N–H and O–H groups in total. The van der Waals surface area contributed by atoms with Crippen LogP contribution in [-0.2, 0) is 35.8 Å². The van der Waals surface area contributed by atoms with Crippen LogP contribution in [0.4, 0.5) is 0 Å². The van der Waals surface area contributed by atoms with Gasteiger partial charge in [0.15, 0.2) is 5.60 Å². The number of ether oxygens (including phenoxy) is 2. The summed E-state index contributed by atoms with van der Waals surface area (Å²) in [6.45, 7) is 6.66. The second-order valence-corrected chi connectivity index (χ2v) is 11.8. The molecule has 3 aliphatic rings. The van der Waals surface area contributed by atoms with E-state index in [2.05, 4.69) is 17.4 Å². The summed E-state index contributed by atoms with van der Waals surface area (Å²) in [6.07, 6.45) is 5.39. The molecule has 4 rings (SSSR count). The van der Waals surface area contributed by atoms with Gasteiger partial charge in [0.25, 0.3) is 0 Å². The number of fused-ring (bicyclic) bond motifs is 1. The van der Waals surface area contributed by atoms with E-state index in [-0.39, 0.29) is 12.8 Å². The van der Waals surface area contributed by atoms with Crippen LogP contribution in [0, 0.1) is 11.3 Å². The van der Waals surface area contributed by atoms with Gasteiger partial charge in [-0.1, -0.05) is 18.9 Å². The summed E-state index contributed by atoms with van der Waals surface area (Å²) in [4.78, 5) is 42.4. The van der Waals surface area contributed by atoms with Gasteiger partial charge in [-0.15, -0.1) is 0 Å². The average molecular weight is 550 g/mol. The van der Waals surface area contributed by atoms with Crippen molar-refractivity contribution >= 4 is 23.9 Å². The van der Waals surface area contributed by atoms with Crippen molar-refractivity contribution < 1.29 is 49.1 Å². The predicted octanol–water partition coefficient (Wildman–Crippen LogP) is 2.71. The number of hydrogen-bond acceptors (Lipinski definition) is 8. The fourth-order valence-corrected chi connectivity index (χ4v) is 6.07. The summed E-state index contributed by atoms with van der Waals surface area (Å²) < 4.78 is 11.1. The number of aliphatic hydroxyl groups is 1. The van der Waals surface area contributed by atoms with Crippen LogP contribution < -0.4 is 10.1 Å². The summed E-state index contributed by atoms with van der Waals surface area (Å²) in [5, 5.41) is 37.6. The van der Waals surface area contributed by atoms with Gasteiger partial charge in [-0.2, -0.15) is 0 Å². The molecule has 3 atom stereocenters. The number of rotatable bonds is 8. The van der Waals surface area contributed by atoms with Crippen molar-refractivity contribution in [2.75, 3.05) is 13.3 Å². The molecule has 1 aromatic carbocycles. The van der Waals surface area contributed by atoms with Gasteiger partial charge in [0.2, 0.25) is 6.79 Å². The Bertz CT molecular complexity index is 1070. The van der Waals surface area contributed by atoms with Crippen molar-refractivity contribution in [1.29, 1.82) is 0 Å². The van der Waals surface area contributed by atoms with Gasteiger partial charge < -0.3 is 35.2 Å². The number of aliphatic carboxylic acids is 3. The molecule has 0 aromatic heterocycles. The lowest BCUT2D eigenvalue weighted by molar-refractivity contribution is -0.170. The lowest BCUT2D eigenvalue weighted by Gasteiger charge is -2.56. The molecule has 216 valence electrons. The lowest BCUT2D eigenvalue weighted by Crippen LogP contribution is -2.59. The molecule has 1 aromatic rings.